The molecule has 0 aromatic carbocycles. The third-order valence-corrected chi connectivity index (χ3v) is 5.21. The zero-order chi connectivity index (χ0) is 16.7. The van der Waals surface area contributed by atoms with E-state index in [9.17, 15) is 13.7 Å². The fourth-order valence-electron chi connectivity index (χ4n) is 2.20. The zero-order valence-corrected chi connectivity index (χ0v) is 14.3. The van der Waals surface area contributed by atoms with Crippen LogP contribution in [-0.4, -0.2) is 13.7 Å². The molecule has 0 spiro atoms. The highest BCUT2D eigenvalue weighted by Gasteiger charge is 2.29. The summed E-state index contributed by atoms with van der Waals surface area (Å²) in [5, 5.41) is 0. The van der Waals surface area contributed by atoms with Gasteiger partial charge in [0, 0.05) is 28.6 Å². The molecule has 0 aliphatic heterocycles. The molecule has 0 saturated carbocycles. The van der Waals surface area contributed by atoms with Gasteiger partial charge >= 0.3 is 0 Å². The Hall–Kier alpha value is -1.37. The molecule has 2 aromatic heterocycles. The van der Waals surface area contributed by atoms with Crippen LogP contribution in [0.1, 0.15) is 44.9 Å². The van der Waals surface area contributed by atoms with Crippen LogP contribution in [0.2, 0.25) is 0 Å². The average molecular weight is 324 g/mol. The second kappa shape index (κ2) is 6.02. The Morgan fingerprint density at radius 2 is 2.00 bits per heavy atom. The van der Waals surface area contributed by atoms with E-state index in [1.807, 2.05) is 33.8 Å². The Morgan fingerprint density at radius 3 is 2.59 bits per heavy atom. The van der Waals surface area contributed by atoms with Gasteiger partial charge in [0.1, 0.15) is 10.6 Å². The van der Waals surface area contributed by atoms with Gasteiger partial charge in [-0.3, -0.25) is 9.20 Å². The first-order valence-corrected chi connectivity index (χ1v) is 8.25. The predicted molar refractivity (Wildman–Crippen MR) is 87.8 cm³/mol. The van der Waals surface area contributed by atoms with Crippen molar-refractivity contribution in [2.24, 2.45) is 0 Å². The quantitative estimate of drug-likeness (QED) is 0.883. The molecule has 2 heterocycles. The lowest BCUT2D eigenvalue weighted by Crippen LogP contribution is -2.41. The number of rotatable bonds is 3. The second-order valence-electron chi connectivity index (χ2n) is 6.39. The largest absolute Gasteiger partial charge is 0.598 e. The molecule has 120 valence electrons. The SMILES string of the molecule is Cc1c([C@H](C)N[S+]([O-])C(C)(C)C)cc2ccc(F)cn2c1=O. The van der Waals surface area contributed by atoms with Crippen LogP contribution in [0.5, 0.6) is 0 Å². The van der Waals surface area contributed by atoms with Crippen molar-refractivity contribution < 1.29 is 8.94 Å². The maximum absolute atomic E-state index is 13.3. The minimum Gasteiger partial charge on any atom is -0.598 e. The van der Waals surface area contributed by atoms with Crippen molar-refractivity contribution in [1.29, 1.82) is 0 Å². The normalized spacial score (nSPS) is 15.0. The Bertz CT molecular complexity index is 752. The van der Waals surface area contributed by atoms with E-state index in [0.717, 1.165) is 5.56 Å². The van der Waals surface area contributed by atoms with Gasteiger partial charge in [0.25, 0.3) is 5.56 Å². The Balaban J connectivity index is 2.46. The molecule has 1 N–H and O–H groups in total. The molecule has 22 heavy (non-hydrogen) atoms. The van der Waals surface area contributed by atoms with E-state index >= 15 is 0 Å². The molecule has 1 unspecified atom stereocenters. The van der Waals surface area contributed by atoms with E-state index in [1.165, 1.54) is 16.7 Å². The Labute approximate surface area is 132 Å². The molecular formula is C16H21FN2O2S. The van der Waals surface area contributed by atoms with Crippen LogP contribution in [0.3, 0.4) is 0 Å². The van der Waals surface area contributed by atoms with Crippen LogP contribution in [0.15, 0.2) is 29.2 Å². The van der Waals surface area contributed by atoms with Crippen LogP contribution < -0.4 is 10.3 Å². The summed E-state index contributed by atoms with van der Waals surface area (Å²) in [5.74, 6) is -0.457. The van der Waals surface area contributed by atoms with Gasteiger partial charge in [-0.2, -0.15) is 0 Å². The summed E-state index contributed by atoms with van der Waals surface area (Å²) in [6.45, 7) is 9.22. The van der Waals surface area contributed by atoms with Crippen LogP contribution in [-0.2, 0) is 11.4 Å². The van der Waals surface area contributed by atoms with E-state index in [4.69, 9.17) is 0 Å². The zero-order valence-electron chi connectivity index (χ0n) is 13.4. The maximum atomic E-state index is 13.3. The van der Waals surface area contributed by atoms with E-state index in [2.05, 4.69) is 4.72 Å². The number of nitrogens with one attached hydrogen (secondary N) is 1. The summed E-state index contributed by atoms with van der Waals surface area (Å²) in [6, 6.07) is 4.46. The first-order chi connectivity index (χ1) is 10.1. The van der Waals surface area contributed by atoms with Gasteiger partial charge in [-0.05, 0) is 58.4 Å². The summed E-state index contributed by atoms with van der Waals surface area (Å²) >= 11 is -1.24. The fourth-order valence-corrected chi connectivity index (χ4v) is 3.00. The van der Waals surface area contributed by atoms with Crippen molar-refractivity contribution in [1.82, 2.24) is 9.12 Å². The molecule has 0 fully saturated rings. The van der Waals surface area contributed by atoms with Gasteiger partial charge in [-0.1, -0.05) is 0 Å². The lowest BCUT2D eigenvalue weighted by Gasteiger charge is -2.27. The first-order valence-electron chi connectivity index (χ1n) is 7.10. The number of fused-ring (bicyclic) bond motifs is 1. The molecule has 0 saturated heterocycles. The predicted octanol–water partition coefficient (Wildman–Crippen LogP) is 2.86. The molecule has 0 bridgehead atoms. The monoisotopic (exact) mass is 324 g/mol. The van der Waals surface area contributed by atoms with Gasteiger partial charge in [0.2, 0.25) is 0 Å². The third kappa shape index (κ3) is 3.34. The minimum absolute atomic E-state index is 0.247. The summed E-state index contributed by atoms with van der Waals surface area (Å²) in [4.78, 5) is 12.4. The number of nitrogens with zero attached hydrogens (tertiary/aromatic N) is 1. The maximum Gasteiger partial charge on any atom is 0.258 e. The summed E-state index contributed by atoms with van der Waals surface area (Å²) < 4.78 is 29.5. The van der Waals surface area contributed by atoms with Crippen LogP contribution in [0.4, 0.5) is 4.39 Å². The fraction of sp³-hybridized carbons (Fsp3) is 0.438. The van der Waals surface area contributed by atoms with Crippen molar-refractivity contribution in [3.05, 3.63) is 51.7 Å². The van der Waals surface area contributed by atoms with Gasteiger partial charge in [0.05, 0.1) is 6.04 Å². The number of hydrogen-bond acceptors (Lipinski definition) is 3. The standard InChI is InChI=1S/C16H21FN2O2S/c1-10-14(11(2)18-22(21)16(3,4)5)8-13-7-6-12(17)9-19(13)15(10)20/h6-9,11,18H,1-5H3/t11-,22?/m0/s1. The number of pyridine rings is 2. The van der Waals surface area contributed by atoms with Crippen molar-refractivity contribution in [2.75, 3.05) is 0 Å². The highest BCUT2D eigenvalue weighted by molar-refractivity contribution is 7.90. The Morgan fingerprint density at radius 1 is 1.36 bits per heavy atom. The molecule has 0 aliphatic rings. The molecule has 2 aromatic rings. The van der Waals surface area contributed by atoms with Gasteiger partial charge < -0.3 is 4.55 Å². The van der Waals surface area contributed by atoms with Gasteiger partial charge in [-0.25, -0.2) is 4.39 Å². The molecule has 0 aliphatic carbocycles. The number of hydrogen-bond donors (Lipinski definition) is 1. The molecule has 6 heteroatoms. The van der Waals surface area contributed by atoms with Crippen LogP contribution in [0.25, 0.3) is 5.52 Å². The van der Waals surface area contributed by atoms with Crippen molar-refractivity contribution in [2.45, 2.75) is 45.4 Å². The summed E-state index contributed by atoms with van der Waals surface area (Å²) in [7, 11) is 0. The van der Waals surface area contributed by atoms with Gasteiger partial charge in [-0.15, -0.1) is 4.72 Å². The van der Waals surface area contributed by atoms with E-state index in [1.54, 1.807) is 13.0 Å². The molecule has 2 rings (SSSR count). The van der Waals surface area contributed by atoms with Crippen molar-refractivity contribution in [3.8, 4) is 0 Å². The Kier molecular flexibility index (Phi) is 4.65. The smallest absolute Gasteiger partial charge is 0.258 e. The van der Waals surface area contributed by atoms with Gasteiger partial charge in [0.15, 0.2) is 0 Å². The average Bonchev–Trinajstić information content (AvgIpc) is 2.42. The molecule has 0 radical (unpaired) electrons. The van der Waals surface area contributed by atoms with Crippen molar-refractivity contribution >= 4 is 16.9 Å². The molecular weight excluding hydrogens is 303 g/mol. The lowest BCUT2D eigenvalue weighted by atomic mass is 10.0. The first kappa shape index (κ1) is 17.0. The highest BCUT2D eigenvalue weighted by Crippen LogP contribution is 2.22. The minimum atomic E-state index is -1.24. The van der Waals surface area contributed by atoms with E-state index in [0.29, 0.717) is 11.1 Å². The van der Waals surface area contributed by atoms with Crippen LogP contribution in [0, 0.1) is 12.7 Å². The molecule has 0 amide bonds. The molecule has 4 nitrogen and oxygen atoms in total. The summed E-state index contributed by atoms with van der Waals surface area (Å²) in [6.07, 6.45) is 1.18. The molecule has 2 atom stereocenters. The topological polar surface area (TPSA) is 56.6 Å². The van der Waals surface area contributed by atoms with Crippen molar-refractivity contribution in [3.63, 3.8) is 0 Å². The number of halogens is 1. The van der Waals surface area contributed by atoms with E-state index < -0.39 is 21.9 Å². The highest BCUT2D eigenvalue weighted by atomic mass is 32.2. The number of aromatic nitrogens is 1. The third-order valence-electron chi connectivity index (χ3n) is 3.53. The van der Waals surface area contributed by atoms with Crippen LogP contribution >= 0.6 is 0 Å². The van der Waals surface area contributed by atoms with E-state index in [-0.39, 0.29) is 11.6 Å². The summed E-state index contributed by atoms with van der Waals surface area (Å²) in [5.41, 5.74) is 1.65. The second-order valence-corrected chi connectivity index (χ2v) is 8.39. The lowest BCUT2D eigenvalue weighted by molar-refractivity contribution is 0.530.